The van der Waals surface area contributed by atoms with Crippen molar-refractivity contribution in [3.05, 3.63) is 11.1 Å². The Hall–Kier alpha value is -1.67. The number of anilines is 1. The summed E-state index contributed by atoms with van der Waals surface area (Å²) < 4.78 is 10.6. The summed E-state index contributed by atoms with van der Waals surface area (Å²) in [6.45, 7) is 4.52. The molecule has 2 rings (SSSR count). The number of ether oxygens (including phenoxy) is 2. The maximum Gasteiger partial charge on any atom is 0.416 e. The van der Waals surface area contributed by atoms with Crippen LogP contribution in [-0.4, -0.2) is 42.3 Å². The summed E-state index contributed by atoms with van der Waals surface area (Å²) in [5, 5.41) is 0.408. The Labute approximate surface area is 114 Å². The molecule has 1 aliphatic heterocycles. The van der Waals surface area contributed by atoms with Crippen LogP contribution in [0.5, 0.6) is 0 Å². The highest BCUT2D eigenvalue weighted by atomic mass is 32.1. The minimum absolute atomic E-state index is 0.0779. The van der Waals surface area contributed by atoms with E-state index in [4.69, 9.17) is 15.2 Å². The smallest absolute Gasteiger partial charge is 0.416 e. The van der Waals surface area contributed by atoms with Crippen molar-refractivity contribution < 1.29 is 19.1 Å². The van der Waals surface area contributed by atoms with Crippen molar-refractivity contribution in [1.29, 1.82) is 0 Å². The Bertz CT molecular complexity index is 488. The number of aromatic nitrogens is 1. The van der Waals surface area contributed by atoms with Crippen LogP contribution in [0.15, 0.2) is 6.20 Å². The van der Waals surface area contributed by atoms with Gasteiger partial charge in [-0.25, -0.2) is 14.7 Å². The van der Waals surface area contributed by atoms with Crippen LogP contribution < -0.4 is 10.6 Å². The summed E-state index contributed by atoms with van der Waals surface area (Å²) in [5.74, 6) is -0.559. The number of hydrogen-bond donors (Lipinski definition) is 1. The van der Waals surface area contributed by atoms with Crippen LogP contribution in [0.2, 0.25) is 0 Å². The molecule has 0 aliphatic carbocycles. The zero-order valence-electron chi connectivity index (χ0n) is 10.7. The fourth-order valence-corrected chi connectivity index (χ4v) is 2.34. The molecule has 1 aliphatic rings. The number of cyclic esters (lactones) is 1. The van der Waals surface area contributed by atoms with Crippen molar-refractivity contribution in [2.75, 3.05) is 18.1 Å². The average molecular weight is 285 g/mol. The zero-order valence-corrected chi connectivity index (χ0v) is 11.5. The fourth-order valence-electron chi connectivity index (χ4n) is 1.57. The molecule has 2 amide bonds. The Morgan fingerprint density at radius 2 is 2.47 bits per heavy atom. The van der Waals surface area contributed by atoms with E-state index in [-0.39, 0.29) is 12.2 Å². The molecule has 1 atom stereocenters. The topological polar surface area (TPSA) is 94.7 Å². The molecule has 0 bridgehead atoms. The van der Waals surface area contributed by atoms with Gasteiger partial charge in [-0.2, -0.15) is 0 Å². The molecule has 7 nitrogen and oxygen atoms in total. The van der Waals surface area contributed by atoms with Crippen molar-refractivity contribution in [3.8, 4) is 0 Å². The molecule has 1 fully saturated rings. The van der Waals surface area contributed by atoms with E-state index in [0.717, 1.165) is 11.3 Å². The Morgan fingerprint density at radius 1 is 1.74 bits per heavy atom. The van der Waals surface area contributed by atoms with Gasteiger partial charge in [0.25, 0.3) is 5.91 Å². The van der Waals surface area contributed by atoms with Gasteiger partial charge in [-0.15, -0.1) is 0 Å². The number of primary amides is 1. The molecular weight excluding hydrogens is 270 g/mol. The van der Waals surface area contributed by atoms with Crippen molar-refractivity contribution in [2.24, 2.45) is 5.73 Å². The highest BCUT2D eigenvalue weighted by molar-refractivity contribution is 7.17. The van der Waals surface area contributed by atoms with E-state index in [9.17, 15) is 9.59 Å². The van der Waals surface area contributed by atoms with Gasteiger partial charge in [-0.05, 0) is 13.8 Å². The quantitative estimate of drug-likeness (QED) is 0.870. The van der Waals surface area contributed by atoms with Crippen LogP contribution in [0.1, 0.15) is 23.5 Å². The third kappa shape index (κ3) is 3.21. The van der Waals surface area contributed by atoms with Gasteiger partial charge < -0.3 is 15.2 Å². The number of nitrogens with zero attached hydrogens (tertiary/aromatic N) is 2. The van der Waals surface area contributed by atoms with Crippen LogP contribution >= 0.6 is 11.3 Å². The Kier molecular flexibility index (Phi) is 4.01. The summed E-state index contributed by atoms with van der Waals surface area (Å²) in [6.07, 6.45) is 0.626. The molecule has 2 N–H and O–H groups in total. The van der Waals surface area contributed by atoms with Crippen LogP contribution in [0.3, 0.4) is 0 Å². The minimum atomic E-state index is -0.559. The van der Waals surface area contributed by atoms with Gasteiger partial charge in [-0.1, -0.05) is 11.3 Å². The number of rotatable bonds is 5. The Balaban J connectivity index is 2.00. The van der Waals surface area contributed by atoms with Crippen molar-refractivity contribution in [3.63, 3.8) is 0 Å². The zero-order chi connectivity index (χ0) is 14.0. The van der Waals surface area contributed by atoms with E-state index >= 15 is 0 Å². The second kappa shape index (κ2) is 5.54. The monoisotopic (exact) mass is 285 g/mol. The highest BCUT2D eigenvalue weighted by Crippen LogP contribution is 2.26. The number of carbonyl (C=O) groups is 2. The summed E-state index contributed by atoms with van der Waals surface area (Å²) in [6, 6.07) is 0. The Morgan fingerprint density at radius 3 is 3.05 bits per heavy atom. The van der Waals surface area contributed by atoms with E-state index in [1.54, 1.807) is 0 Å². The van der Waals surface area contributed by atoms with E-state index in [1.807, 2.05) is 13.8 Å². The highest BCUT2D eigenvalue weighted by Gasteiger charge is 2.34. The second-order valence-electron chi connectivity index (χ2n) is 4.37. The van der Waals surface area contributed by atoms with E-state index in [2.05, 4.69) is 4.98 Å². The van der Waals surface area contributed by atoms with Crippen LogP contribution in [0.25, 0.3) is 0 Å². The van der Waals surface area contributed by atoms with Crippen LogP contribution in [0, 0.1) is 0 Å². The minimum Gasteiger partial charge on any atom is -0.441 e. The van der Waals surface area contributed by atoms with Crippen molar-refractivity contribution >= 4 is 28.5 Å². The molecule has 0 saturated carbocycles. The van der Waals surface area contributed by atoms with Crippen LogP contribution in [0.4, 0.5) is 9.93 Å². The molecule has 0 radical (unpaired) electrons. The van der Waals surface area contributed by atoms with E-state index in [0.29, 0.717) is 23.2 Å². The standard InChI is InChI=1S/C11H15N3O4S/c1-6(2)17-5-7-4-14(11(16)18-7)10-13-3-8(19-10)9(12)15/h3,6-7H,4-5H2,1-2H3,(H2,12,15). The first kappa shape index (κ1) is 13.8. The predicted octanol–water partition coefficient (Wildman–Crippen LogP) is 0.992. The van der Waals surface area contributed by atoms with Gasteiger partial charge in [-0.3, -0.25) is 4.79 Å². The third-order valence-corrected chi connectivity index (χ3v) is 3.49. The van der Waals surface area contributed by atoms with Gasteiger partial charge in [0.15, 0.2) is 5.13 Å². The SMILES string of the molecule is CC(C)OCC1CN(c2ncc(C(N)=O)s2)C(=O)O1. The first-order valence-electron chi connectivity index (χ1n) is 5.82. The lowest BCUT2D eigenvalue weighted by Crippen LogP contribution is -2.26. The van der Waals surface area contributed by atoms with Crippen LogP contribution in [-0.2, 0) is 9.47 Å². The second-order valence-corrected chi connectivity index (χ2v) is 5.38. The lowest BCUT2D eigenvalue weighted by atomic mass is 10.3. The lowest BCUT2D eigenvalue weighted by Gasteiger charge is -2.11. The number of carbonyl (C=O) groups excluding carboxylic acids is 2. The van der Waals surface area contributed by atoms with E-state index in [1.165, 1.54) is 11.1 Å². The lowest BCUT2D eigenvalue weighted by molar-refractivity contribution is 0.0153. The maximum atomic E-state index is 11.7. The molecule has 104 valence electrons. The predicted molar refractivity (Wildman–Crippen MR) is 69.3 cm³/mol. The first-order chi connectivity index (χ1) is 8.97. The average Bonchev–Trinajstić information content (AvgIpc) is 2.92. The largest absolute Gasteiger partial charge is 0.441 e. The van der Waals surface area contributed by atoms with Gasteiger partial charge in [0, 0.05) is 0 Å². The first-order valence-corrected chi connectivity index (χ1v) is 6.64. The summed E-state index contributed by atoms with van der Waals surface area (Å²) >= 11 is 1.07. The summed E-state index contributed by atoms with van der Waals surface area (Å²) in [5.41, 5.74) is 5.15. The molecular formula is C11H15N3O4S. The number of hydrogen-bond acceptors (Lipinski definition) is 6. The molecule has 0 spiro atoms. The molecule has 19 heavy (non-hydrogen) atoms. The number of amides is 2. The van der Waals surface area contributed by atoms with Crippen molar-refractivity contribution in [2.45, 2.75) is 26.1 Å². The number of nitrogens with two attached hydrogens (primary N) is 1. The molecule has 1 aromatic heterocycles. The van der Waals surface area contributed by atoms with Gasteiger partial charge in [0.2, 0.25) is 0 Å². The number of thiazole rings is 1. The summed E-state index contributed by atoms with van der Waals surface area (Å²) in [7, 11) is 0. The molecule has 1 aromatic rings. The molecule has 1 saturated heterocycles. The fraction of sp³-hybridized carbons (Fsp3) is 0.545. The van der Waals surface area contributed by atoms with E-state index < -0.39 is 12.0 Å². The van der Waals surface area contributed by atoms with Gasteiger partial charge >= 0.3 is 6.09 Å². The molecule has 0 aromatic carbocycles. The summed E-state index contributed by atoms with van der Waals surface area (Å²) in [4.78, 5) is 28.4. The maximum absolute atomic E-state index is 11.7. The van der Waals surface area contributed by atoms with Crippen molar-refractivity contribution in [1.82, 2.24) is 4.98 Å². The van der Waals surface area contributed by atoms with Gasteiger partial charge in [0.1, 0.15) is 11.0 Å². The normalized spacial score (nSPS) is 19.0. The molecule has 8 heteroatoms. The van der Waals surface area contributed by atoms with Gasteiger partial charge in [0.05, 0.1) is 25.5 Å². The third-order valence-electron chi connectivity index (χ3n) is 2.46. The molecule has 1 unspecified atom stereocenters. The molecule has 2 heterocycles.